The summed E-state index contributed by atoms with van der Waals surface area (Å²) in [5.41, 5.74) is 2.85. The molecule has 1 heterocycles. The standard InChI is InChI=1S/C24H27ClO4/c1-24(2,28)10-9-16-3-5-17(6-4-16)11-19-12-18(7-8-22(19)25)23-14-20(27)13-21(15-26)29-23/h3-8,12,20-21,23,26-28H,11,13-15H2,1-2H3. The van der Waals surface area contributed by atoms with E-state index in [0.717, 1.165) is 22.3 Å². The van der Waals surface area contributed by atoms with Crippen LogP contribution >= 0.6 is 11.6 Å². The van der Waals surface area contributed by atoms with Gasteiger partial charge in [0, 0.05) is 23.4 Å². The maximum Gasteiger partial charge on any atom is 0.120 e. The molecule has 0 saturated carbocycles. The van der Waals surface area contributed by atoms with Crippen molar-refractivity contribution in [1.82, 2.24) is 0 Å². The second-order valence-electron chi connectivity index (χ2n) is 8.09. The topological polar surface area (TPSA) is 69.9 Å². The fourth-order valence-corrected chi connectivity index (χ4v) is 3.59. The van der Waals surface area contributed by atoms with Gasteiger partial charge in [-0.2, -0.15) is 0 Å². The van der Waals surface area contributed by atoms with E-state index in [1.807, 2.05) is 42.5 Å². The molecule has 3 N–H and O–H groups in total. The van der Waals surface area contributed by atoms with Crippen LogP contribution in [0.2, 0.25) is 5.02 Å². The summed E-state index contributed by atoms with van der Waals surface area (Å²) in [6.07, 6.45) is 0.529. The van der Waals surface area contributed by atoms with E-state index < -0.39 is 11.7 Å². The molecule has 0 spiro atoms. The van der Waals surface area contributed by atoms with E-state index in [-0.39, 0.29) is 18.8 Å². The van der Waals surface area contributed by atoms with E-state index in [1.165, 1.54) is 0 Å². The van der Waals surface area contributed by atoms with Crippen LogP contribution in [0.1, 0.15) is 55.0 Å². The molecule has 0 bridgehead atoms. The minimum absolute atomic E-state index is 0.100. The lowest BCUT2D eigenvalue weighted by atomic mass is 9.94. The van der Waals surface area contributed by atoms with Crippen molar-refractivity contribution < 1.29 is 20.1 Å². The van der Waals surface area contributed by atoms with Gasteiger partial charge in [0.25, 0.3) is 0 Å². The number of aliphatic hydroxyl groups excluding tert-OH is 2. The Bertz CT molecular complexity index is 890. The van der Waals surface area contributed by atoms with Crippen molar-refractivity contribution in [1.29, 1.82) is 0 Å². The maximum absolute atomic E-state index is 10.1. The van der Waals surface area contributed by atoms with Gasteiger partial charge in [-0.25, -0.2) is 0 Å². The Hall–Kier alpha value is -1.87. The summed E-state index contributed by atoms with van der Waals surface area (Å²) in [6, 6.07) is 13.6. The van der Waals surface area contributed by atoms with Gasteiger partial charge in [0.05, 0.1) is 24.9 Å². The minimum atomic E-state index is -1.02. The van der Waals surface area contributed by atoms with Crippen molar-refractivity contribution in [3.05, 3.63) is 69.7 Å². The summed E-state index contributed by atoms with van der Waals surface area (Å²) >= 11 is 6.42. The molecule has 2 aromatic rings. The van der Waals surface area contributed by atoms with Crippen LogP contribution in [0.15, 0.2) is 42.5 Å². The van der Waals surface area contributed by atoms with Crippen LogP contribution in [0.25, 0.3) is 0 Å². The SMILES string of the molecule is CC(C)(O)C#Cc1ccc(Cc2cc(C3CC(O)CC(CO)O3)ccc2Cl)cc1. The Labute approximate surface area is 177 Å². The fraction of sp³-hybridized carbons (Fsp3) is 0.417. The van der Waals surface area contributed by atoms with Crippen LogP contribution in [0.5, 0.6) is 0 Å². The number of aliphatic hydroxyl groups is 3. The van der Waals surface area contributed by atoms with E-state index in [4.69, 9.17) is 16.3 Å². The van der Waals surface area contributed by atoms with Crippen molar-refractivity contribution in [2.24, 2.45) is 0 Å². The van der Waals surface area contributed by atoms with Crippen molar-refractivity contribution in [2.45, 2.75) is 57.0 Å². The van der Waals surface area contributed by atoms with Crippen LogP contribution in [0.4, 0.5) is 0 Å². The molecular formula is C24H27ClO4. The number of hydrogen-bond acceptors (Lipinski definition) is 4. The van der Waals surface area contributed by atoms with Crippen LogP contribution < -0.4 is 0 Å². The van der Waals surface area contributed by atoms with Crippen LogP contribution in [-0.4, -0.2) is 39.7 Å². The monoisotopic (exact) mass is 414 g/mol. The number of benzene rings is 2. The van der Waals surface area contributed by atoms with Gasteiger partial charge >= 0.3 is 0 Å². The molecule has 5 heteroatoms. The third kappa shape index (κ3) is 6.30. The molecule has 1 aliphatic heterocycles. The lowest BCUT2D eigenvalue weighted by Gasteiger charge is -2.32. The molecule has 0 radical (unpaired) electrons. The zero-order chi connectivity index (χ0) is 21.0. The predicted octanol–water partition coefficient (Wildman–Crippen LogP) is 3.63. The number of rotatable bonds is 4. The zero-order valence-electron chi connectivity index (χ0n) is 16.7. The molecule has 1 saturated heterocycles. The molecule has 29 heavy (non-hydrogen) atoms. The highest BCUT2D eigenvalue weighted by Gasteiger charge is 2.29. The normalized spacial score (nSPS) is 22.1. The molecule has 3 atom stereocenters. The maximum atomic E-state index is 10.1. The molecule has 0 aromatic heterocycles. The first kappa shape index (κ1) is 21.8. The van der Waals surface area contributed by atoms with E-state index in [0.29, 0.717) is 24.3 Å². The summed E-state index contributed by atoms with van der Waals surface area (Å²) in [6.45, 7) is 3.21. The second kappa shape index (κ2) is 9.30. The van der Waals surface area contributed by atoms with Gasteiger partial charge in [0.15, 0.2) is 0 Å². The Kier molecular flexibility index (Phi) is 7.00. The molecule has 1 fully saturated rings. The van der Waals surface area contributed by atoms with Gasteiger partial charge in [0.2, 0.25) is 0 Å². The average molecular weight is 415 g/mol. The average Bonchev–Trinajstić information content (AvgIpc) is 2.68. The van der Waals surface area contributed by atoms with E-state index in [9.17, 15) is 15.3 Å². The molecular weight excluding hydrogens is 388 g/mol. The number of halogens is 1. The van der Waals surface area contributed by atoms with Gasteiger partial charge in [0.1, 0.15) is 5.60 Å². The van der Waals surface area contributed by atoms with Crippen molar-refractivity contribution in [3.63, 3.8) is 0 Å². The summed E-state index contributed by atoms with van der Waals surface area (Å²) in [5.74, 6) is 5.77. The van der Waals surface area contributed by atoms with Gasteiger partial charge < -0.3 is 20.1 Å². The van der Waals surface area contributed by atoms with Gasteiger partial charge in [-0.15, -0.1) is 0 Å². The first-order chi connectivity index (χ1) is 13.7. The quantitative estimate of drug-likeness (QED) is 0.668. The highest BCUT2D eigenvalue weighted by atomic mass is 35.5. The van der Waals surface area contributed by atoms with Crippen LogP contribution in [-0.2, 0) is 11.2 Å². The largest absolute Gasteiger partial charge is 0.394 e. The summed E-state index contributed by atoms with van der Waals surface area (Å²) < 4.78 is 5.92. The Morgan fingerprint density at radius 1 is 1.14 bits per heavy atom. The minimum Gasteiger partial charge on any atom is -0.394 e. The first-order valence-electron chi connectivity index (χ1n) is 9.80. The smallest absolute Gasteiger partial charge is 0.120 e. The zero-order valence-corrected chi connectivity index (χ0v) is 17.5. The number of ether oxygens (including phenoxy) is 1. The molecule has 154 valence electrons. The van der Waals surface area contributed by atoms with Crippen LogP contribution in [0, 0.1) is 11.8 Å². The molecule has 3 unspecified atom stereocenters. The van der Waals surface area contributed by atoms with Gasteiger partial charge in [-0.05, 0) is 55.2 Å². The fourth-order valence-electron chi connectivity index (χ4n) is 3.40. The Morgan fingerprint density at radius 2 is 1.86 bits per heavy atom. The molecule has 3 rings (SSSR count). The van der Waals surface area contributed by atoms with Crippen molar-refractivity contribution in [2.75, 3.05) is 6.61 Å². The highest BCUT2D eigenvalue weighted by Crippen LogP contribution is 2.33. The Morgan fingerprint density at radius 3 is 2.52 bits per heavy atom. The third-order valence-corrected chi connectivity index (χ3v) is 5.25. The van der Waals surface area contributed by atoms with E-state index in [1.54, 1.807) is 13.8 Å². The van der Waals surface area contributed by atoms with Crippen molar-refractivity contribution in [3.8, 4) is 11.8 Å². The molecule has 1 aliphatic rings. The molecule has 2 aromatic carbocycles. The summed E-state index contributed by atoms with van der Waals surface area (Å²) in [7, 11) is 0. The second-order valence-corrected chi connectivity index (χ2v) is 8.50. The Balaban J connectivity index is 1.76. The lowest BCUT2D eigenvalue weighted by Crippen LogP contribution is -2.33. The van der Waals surface area contributed by atoms with Gasteiger partial charge in [-0.3, -0.25) is 0 Å². The number of hydrogen-bond donors (Lipinski definition) is 3. The van der Waals surface area contributed by atoms with Crippen molar-refractivity contribution >= 4 is 11.6 Å². The predicted molar refractivity (Wildman–Crippen MR) is 114 cm³/mol. The molecule has 0 aliphatic carbocycles. The van der Waals surface area contributed by atoms with E-state index in [2.05, 4.69) is 11.8 Å². The molecule has 4 nitrogen and oxygen atoms in total. The summed E-state index contributed by atoms with van der Waals surface area (Å²) in [5, 5.41) is 29.9. The van der Waals surface area contributed by atoms with Crippen LogP contribution in [0.3, 0.4) is 0 Å². The summed E-state index contributed by atoms with van der Waals surface area (Å²) in [4.78, 5) is 0. The first-order valence-corrected chi connectivity index (χ1v) is 10.2. The lowest BCUT2D eigenvalue weighted by molar-refractivity contribution is -0.113. The highest BCUT2D eigenvalue weighted by molar-refractivity contribution is 6.31. The molecule has 0 amide bonds. The van der Waals surface area contributed by atoms with Gasteiger partial charge in [-0.1, -0.05) is 47.7 Å². The third-order valence-electron chi connectivity index (χ3n) is 4.88. The van der Waals surface area contributed by atoms with E-state index >= 15 is 0 Å².